The van der Waals surface area contributed by atoms with Gasteiger partial charge in [-0.2, -0.15) is 13.2 Å². The summed E-state index contributed by atoms with van der Waals surface area (Å²) in [5.74, 6) is -2.19. The second-order valence-corrected chi connectivity index (χ2v) is 12.0. The summed E-state index contributed by atoms with van der Waals surface area (Å²) in [5, 5.41) is 19.5. The first kappa shape index (κ1) is 32.5. The Bertz CT molecular complexity index is 1240. The number of alkyl halides is 3. The summed E-state index contributed by atoms with van der Waals surface area (Å²) in [4.78, 5) is 22.6. The van der Waals surface area contributed by atoms with Crippen molar-refractivity contribution in [2.75, 3.05) is 32.7 Å². The van der Waals surface area contributed by atoms with E-state index in [1.165, 1.54) is 24.1 Å². The highest BCUT2D eigenvalue weighted by Crippen LogP contribution is 2.40. The number of carboxylic acid groups (broad SMARTS) is 1. The van der Waals surface area contributed by atoms with E-state index in [2.05, 4.69) is 45.3 Å². The van der Waals surface area contributed by atoms with Crippen molar-refractivity contribution in [3.8, 4) is 0 Å². The molecule has 5 N–H and O–H groups in total. The molecule has 1 aliphatic heterocycles. The van der Waals surface area contributed by atoms with Crippen LogP contribution in [0.25, 0.3) is 0 Å². The molecular formula is C27H35F3N4O6S. The number of nitrogens with one attached hydrogen (secondary N) is 3. The minimum atomic E-state index is -5.08. The van der Waals surface area contributed by atoms with E-state index in [1.54, 1.807) is 17.6 Å². The highest BCUT2D eigenvalue weighted by molar-refractivity contribution is 7.88. The zero-order valence-electron chi connectivity index (χ0n) is 22.3. The second-order valence-electron chi connectivity index (χ2n) is 10.1. The fraction of sp³-hybridized carbons (Fsp3) is 0.481. The monoisotopic (exact) mass is 600 g/mol. The molecule has 2 fully saturated rings. The average molecular weight is 601 g/mol. The summed E-state index contributed by atoms with van der Waals surface area (Å²) < 4.78 is 59.2. The molecule has 1 saturated heterocycles. The molecule has 0 radical (unpaired) electrons. The highest BCUT2D eigenvalue weighted by atomic mass is 32.2. The van der Waals surface area contributed by atoms with E-state index in [0.717, 1.165) is 32.5 Å². The van der Waals surface area contributed by atoms with Gasteiger partial charge in [-0.05, 0) is 68.1 Å². The molecule has 226 valence electrons. The average Bonchev–Trinajstić information content (AvgIpc) is 3.72. The quantitative estimate of drug-likeness (QED) is 0.195. The van der Waals surface area contributed by atoms with Crippen LogP contribution in [0.3, 0.4) is 0 Å². The number of hydrogen-bond acceptors (Lipinski definition) is 7. The molecule has 14 heteroatoms. The van der Waals surface area contributed by atoms with Crippen molar-refractivity contribution in [3.05, 3.63) is 71.3 Å². The van der Waals surface area contributed by atoms with Crippen LogP contribution in [0.1, 0.15) is 46.7 Å². The number of carbonyl (C=O) groups is 2. The molecule has 2 aromatic carbocycles. The number of benzene rings is 2. The van der Waals surface area contributed by atoms with Crippen LogP contribution in [-0.2, 0) is 20.6 Å². The first-order valence-electron chi connectivity index (χ1n) is 13.2. The number of sulfonamides is 1. The maximum Gasteiger partial charge on any atom is 0.490 e. The van der Waals surface area contributed by atoms with Gasteiger partial charge in [0.15, 0.2) is 0 Å². The Kier molecular flexibility index (Phi) is 11.7. The molecule has 0 bridgehead atoms. The van der Waals surface area contributed by atoms with Crippen LogP contribution in [0.4, 0.5) is 13.2 Å². The van der Waals surface area contributed by atoms with Gasteiger partial charge < -0.3 is 15.3 Å². The smallest absolute Gasteiger partial charge is 0.475 e. The van der Waals surface area contributed by atoms with Crippen molar-refractivity contribution in [1.29, 1.82) is 0 Å². The summed E-state index contributed by atoms with van der Waals surface area (Å²) in [6.07, 6.45) is -1.59. The van der Waals surface area contributed by atoms with Gasteiger partial charge in [0, 0.05) is 30.6 Å². The zero-order chi connectivity index (χ0) is 30.0. The minimum Gasteiger partial charge on any atom is -0.475 e. The zero-order valence-corrected chi connectivity index (χ0v) is 23.1. The Morgan fingerprint density at radius 1 is 1.00 bits per heavy atom. The predicted octanol–water partition coefficient (Wildman–Crippen LogP) is 2.72. The van der Waals surface area contributed by atoms with Crippen LogP contribution in [0.5, 0.6) is 0 Å². The Hall–Kier alpha value is -3.04. The fourth-order valence-corrected chi connectivity index (χ4v) is 5.80. The standard InChI is InChI=1S/C25H34N4O4S.C2HF3O2/c30-25(28-31)22-8-6-20(7-9-22)18-34(32,33)27-12-15-29-13-10-19(11-14-29)17-26-24-16-23(24)21-4-2-1-3-5-21;3-2(4,5)1(6)7/h1-9,19,23-24,26-27,31H,10-18H2,(H,28,30);(H,6,7). The molecular weight excluding hydrogens is 565 g/mol. The van der Waals surface area contributed by atoms with E-state index < -0.39 is 28.1 Å². The Morgan fingerprint density at radius 3 is 2.17 bits per heavy atom. The van der Waals surface area contributed by atoms with E-state index in [1.807, 2.05) is 0 Å². The van der Waals surface area contributed by atoms with Gasteiger partial charge in [0.2, 0.25) is 10.0 Å². The van der Waals surface area contributed by atoms with Crippen molar-refractivity contribution in [3.63, 3.8) is 0 Å². The van der Waals surface area contributed by atoms with Crippen LogP contribution >= 0.6 is 0 Å². The van der Waals surface area contributed by atoms with Crippen molar-refractivity contribution in [1.82, 2.24) is 20.4 Å². The molecule has 2 aromatic rings. The first-order chi connectivity index (χ1) is 19.4. The summed E-state index contributed by atoms with van der Waals surface area (Å²) in [6.45, 7) is 4.14. The Morgan fingerprint density at radius 2 is 1.61 bits per heavy atom. The molecule has 1 heterocycles. The maximum atomic E-state index is 12.4. The van der Waals surface area contributed by atoms with Gasteiger partial charge in [0.25, 0.3) is 5.91 Å². The lowest BCUT2D eigenvalue weighted by Gasteiger charge is -2.32. The van der Waals surface area contributed by atoms with Crippen LogP contribution in [0.2, 0.25) is 0 Å². The first-order valence-corrected chi connectivity index (χ1v) is 14.8. The normalized spacial score (nSPS) is 19.6. The van der Waals surface area contributed by atoms with Gasteiger partial charge in [-0.1, -0.05) is 42.5 Å². The van der Waals surface area contributed by atoms with Gasteiger partial charge in [-0.15, -0.1) is 0 Å². The topological polar surface area (TPSA) is 148 Å². The molecule has 1 saturated carbocycles. The van der Waals surface area contributed by atoms with Gasteiger partial charge in [0.1, 0.15) is 0 Å². The third-order valence-electron chi connectivity index (χ3n) is 7.06. The number of amides is 1. The molecule has 0 spiro atoms. The molecule has 1 amide bonds. The summed E-state index contributed by atoms with van der Waals surface area (Å²) in [5.41, 5.74) is 3.84. The molecule has 2 unspecified atom stereocenters. The van der Waals surface area contributed by atoms with Crippen LogP contribution < -0.4 is 15.5 Å². The van der Waals surface area contributed by atoms with E-state index in [-0.39, 0.29) is 11.3 Å². The van der Waals surface area contributed by atoms with Gasteiger partial charge in [-0.25, -0.2) is 23.4 Å². The number of carbonyl (C=O) groups excluding carboxylic acids is 1. The third kappa shape index (κ3) is 11.0. The summed E-state index contributed by atoms with van der Waals surface area (Å²) >= 11 is 0. The predicted molar refractivity (Wildman–Crippen MR) is 145 cm³/mol. The van der Waals surface area contributed by atoms with Gasteiger partial charge >= 0.3 is 12.1 Å². The lowest BCUT2D eigenvalue weighted by atomic mass is 9.96. The Labute approximate surface area is 236 Å². The number of hydroxylamine groups is 1. The molecule has 1 aliphatic carbocycles. The maximum absolute atomic E-state index is 12.4. The van der Waals surface area contributed by atoms with Crippen molar-refractivity contribution in [2.24, 2.45) is 5.92 Å². The number of halogens is 3. The number of hydrogen-bond donors (Lipinski definition) is 5. The molecule has 2 aliphatic rings. The van der Waals surface area contributed by atoms with E-state index in [4.69, 9.17) is 15.1 Å². The Balaban J connectivity index is 0.000000587. The minimum absolute atomic E-state index is 0.146. The number of piperidine rings is 1. The number of carboxylic acids is 1. The molecule has 0 aromatic heterocycles. The second kappa shape index (κ2) is 14.7. The summed E-state index contributed by atoms with van der Waals surface area (Å²) in [7, 11) is -3.46. The fourth-order valence-electron chi connectivity index (χ4n) is 4.67. The van der Waals surface area contributed by atoms with E-state index in [0.29, 0.717) is 36.5 Å². The molecule has 2 atom stereocenters. The van der Waals surface area contributed by atoms with Crippen molar-refractivity contribution in [2.45, 2.75) is 43.2 Å². The van der Waals surface area contributed by atoms with E-state index >= 15 is 0 Å². The van der Waals surface area contributed by atoms with Crippen molar-refractivity contribution < 1.29 is 41.5 Å². The lowest BCUT2D eigenvalue weighted by Crippen LogP contribution is -2.41. The van der Waals surface area contributed by atoms with Crippen molar-refractivity contribution >= 4 is 21.9 Å². The molecule has 41 heavy (non-hydrogen) atoms. The van der Waals surface area contributed by atoms with Crippen LogP contribution in [0, 0.1) is 5.92 Å². The van der Waals surface area contributed by atoms with Crippen LogP contribution in [-0.4, -0.2) is 80.4 Å². The van der Waals surface area contributed by atoms with E-state index in [9.17, 15) is 26.4 Å². The largest absolute Gasteiger partial charge is 0.490 e. The van der Waals surface area contributed by atoms with Gasteiger partial charge in [0.05, 0.1) is 5.75 Å². The lowest BCUT2D eigenvalue weighted by molar-refractivity contribution is -0.192. The number of nitrogens with zero attached hydrogens (tertiary/aromatic N) is 1. The number of likely N-dealkylation sites (tertiary alicyclic amines) is 1. The van der Waals surface area contributed by atoms with Gasteiger partial charge in [-0.3, -0.25) is 10.0 Å². The molecule has 4 rings (SSSR count). The highest BCUT2D eigenvalue weighted by Gasteiger charge is 2.39. The number of rotatable bonds is 11. The SMILES string of the molecule is O=C(NO)c1ccc(CS(=O)(=O)NCCN2CCC(CNC3CC3c3ccccc3)CC2)cc1.O=C(O)C(F)(F)F. The molecule has 10 nitrogen and oxygen atoms in total. The van der Waals surface area contributed by atoms with Crippen LogP contribution in [0.15, 0.2) is 54.6 Å². The third-order valence-corrected chi connectivity index (χ3v) is 8.42. The number of aliphatic carboxylic acids is 1. The summed E-state index contributed by atoms with van der Waals surface area (Å²) in [6, 6.07) is 17.4.